The monoisotopic (exact) mass is 271 g/mol. The average Bonchev–Trinajstić information content (AvgIpc) is 2.81. The minimum Gasteiger partial charge on any atom is -0.492 e. The van der Waals surface area contributed by atoms with Gasteiger partial charge < -0.3 is 9.15 Å². The smallest absolute Gasteiger partial charge is 0.231 e. The van der Waals surface area contributed by atoms with Crippen molar-refractivity contribution in [2.45, 2.75) is 20.8 Å². The van der Waals surface area contributed by atoms with Crippen molar-refractivity contribution in [3.05, 3.63) is 46.2 Å². The van der Waals surface area contributed by atoms with Gasteiger partial charge in [0.05, 0.1) is 23.9 Å². The summed E-state index contributed by atoms with van der Waals surface area (Å²) in [4.78, 5) is 29.0. The number of ketones is 2. The van der Waals surface area contributed by atoms with Crippen molar-refractivity contribution < 1.29 is 18.7 Å². The molecule has 1 aliphatic rings. The summed E-state index contributed by atoms with van der Waals surface area (Å²) in [6.07, 6.45) is 1.49. The van der Waals surface area contributed by atoms with Crippen LogP contribution in [0.4, 0.5) is 0 Å². The second-order valence-electron chi connectivity index (χ2n) is 4.66. The van der Waals surface area contributed by atoms with Crippen molar-refractivity contribution in [2.24, 2.45) is 0 Å². The van der Waals surface area contributed by atoms with Crippen LogP contribution in [0.2, 0.25) is 0 Å². The molecule has 0 bridgehead atoms. The molecule has 0 spiro atoms. The van der Waals surface area contributed by atoms with E-state index in [4.69, 9.17) is 9.15 Å². The Morgan fingerprint density at radius 1 is 1.25 bits per heavy atom. The predicted octanol–water partition coefficient (Wildman–Crippen LogP) is 2.47. The summed E-state index contributed by atoms with van der Waals surface area (Å²) >= 11 is 0. The maximum atomic E-state index is 12.5. The van der Waals surface area contributed by atoms with Crippen LogP contribution in [0.3, 0.4) is 0 Å². The van der Waals surface area contributed by atoms with Gasteiger partial charge in [-0.3, -0.25) is 9.59 Å². The Morgan fingerprint density at radius 3 is 2.70 bits per heavy atom. The molecule has 0 aliphatic heterocycles. The van der Waals surface area contributed by atoms with Crippen LogP contribution in [0, 0.1) is 13.8 Å². The minimum atomic E-state index is -0.311. The Hall–Kier alpha value is -2.43. The van der Waals surface area contributed by atoms with E-state index >= 15 is 0 Å². The zero-order chi connectivity index (χ0) is 14.4. The van der Waals surface area contributed by atoms with Gasteiger partial charge in [0.2, 0.25) is 11.6 Å². The van der Waals surface area contributed by atoms with Crippen LogP contribution >= 0.6 is 0 Å². The van der Waals surface area contributed by atoms with Gasteiger partial charge in [-0.05, 0) is 26.8 Å². The molecule has 5 nitrogen and oxygen atoms in total. The van der Waals surface area contributed by atoms with E-state index in [-0.39, 0.29) is 34.1 Å². The molecule has 0 saturated carbocycles. The fraction of sp³-hybridized carbons (Fsp3) is 0.267. The van der Waals surface area contributed by atoms with Gasteiger partial charge >= 0.3 is 0 Å². The van der Waals surface area contributed by atoms with Gasteiger partial charge in [-0.25, -0.2) is 4.98 Å². The van der Waals surface area contributed by atoms with Crippen LogP contribution in [-0.2, 0) is 0 Å². The summed E-state index contributed by atoms with van der Waals surface area (Å²) in [5, 5.41) is 0. The van der Waals surface area contributed by atoms with Crippen LogP contribution in [0.1, 0.15) is 50.4 Å². The number of aryl methyl sites for hydroxylation is 1. The number of nitrogens with zero attached hydrogens (tertiary/aromatic N) is 1. The number of ether oxygens (including phenoxy) is 1. The summed E-state index contributed by atoms with van der Waals surface area (Å²) < 4.78 is 10.8. The zero-order valence-corrected chi connectivity index (χ0v) is 11.4. The Balaban J connectivity index is 2.25. The quantitative estimate of drug-likeness (QED) is 0.716. The highest BCUT2D eigenvalue weighted by Crippen LogP contribution is 2.33. The van der Waals surface area contributed by atoms with Crippen molar-refractivity contribution in [3.8, 4) is 5.75 Å². The fourth-order valence-electron chi connectivity index (χ4n) is 2.43. The Kier molecular flexibility index (Phi) is 2.71. The van der Waals surface area contributed by atoms with E-state index in [1.807, 2.05) is 6.92 Å². The molecule has 0 saturated heterocycles. The molecule has 0 aromatic carbocycles. The first-order valence-electron chi connectivity index (χ1n) is 6.36. The molecule has 2 heterocycles. The topological polar surface area (TPSA) is 69.4 Å². The number of pyridine rings is 1. The van der Waals surface area contributed by atoms with Gasteiger partial charge in [0.25, 0.3) is 0 Å². The number of carbonyl (C=O) groups excluding carboxylic acids is 2. The molecule has 0 radical (unpaired) electrons. The summed E-state index contributed by atoms with van der Waals surface area (Å²) in [6.45, 7) is 5.77. The van der Waals surface area contributed by atoms with Crippen LogP contribution < -0.4 is 4.74 Å². The van der Waals surface area contributed by atoms with E-state index in [0.29, 0.717) is 23.7 Å². The Morgan fingerprint density at radius 2 is 2.00 bits per heavy atom. The lowest BCUT2D eigenvalue weighted by atomic mass is 9.89. The first-order chi connectivity index (χ1) is 9.54. The fourth-order valence-corrected chi connectivity index (χ4v) is 2.43. The average molecular weight is 271 g/mol. The third-order valence-corrected chi connectivity index (χ3v) is 3.34. The molecule has 0 N–H and O–H groups in total. The molecule has 102 valence electrons. The molecule has 0 unspecified atom stereocenters. The molecular weight excluding hydrogens is 258 g/mol. The minimum absolute atomic E-state index is 0.0959. The lowest BCUT2D eigenvalue weighted by Gasteiger charge is -2.16. The zero-order valence-electron chi connectivity index (χ0n) is 11.4. The second kappa shape index (κ2) is 4.30. The van der Waals surface area contributed by atoms with Gasteiger partial charge in [-0.15, -0.1) is 0 Å². The molecule has 1 aliphatic carbocycles. The van der Waals surface area contributed by atoms with Gasteiger partial charge in [0, 0.05) is 5.56 Å². The predicted molar refractivity (Wildman–Crippen MR) is 70.5 cm³/mol. The van der Waals surface area contributed by atoms with E-state index in [0.717, 1.165) is 0 Å². The highest BCUT2D eigenvalue weighted by molar-refractivity contribution is 6.27. The van der Waals surface area contributed by atoms with Crippen molar-refractivity contribution in [2.75, 3.05) is 6.61 Å². The van der Waals surface area contributed by atoms with Gasteiger partial charge in [0.1, 0.15) is 17.2 Å². The van der Waals surface area contributed by atoms with E-state index in [2.05, 4.69) is 4.98 Å². The molecule has 5 heteroatoms. The van der Waals surface area contributed by atoms with Crippen molar-refractivity contribution in [1.82, 2.24) is 4.98 Å². The number of hydrogen-bond donors (Lipinski definition) is 0. The standard InChI is InChI=1S/C15H13NO4/c1-4-19-10-6-16-12-11(8(10)3)14(18)15-9(13(12)17)5-7(2)20-15/h5-6H,4H2,1-3H3. The maximum Gasteiger partial charge on any atom is 0.231 e. The third-order valence-electron chi connectivity index (χ3n) is 3.34. The van der Waals surface area contributed by atoms with Crippen molar-refractivity contribution in [1.29, 1.82) is 0 Å². The Labute approximate surface area is 115 Å². The number of fused-ring (bicyclic) bond motifs is 2. The normalized spacial score (nSPS) is 13.2. The van der Waals surface area contributed by atoms with Crippen LogP contribution in [-0.4, -0.2) is 23.2 Å². The molecule has 2 aromatic heterocycles. The number of hydrogen-bond acceptors (Lipinski definition) is 5. The summed E-state index contributed by atoms with van der Waals surface area (Å²) in [6, 6.07) is 1.58. The van der Waals surface area contributed by atoms with Crippen LogP contribution in [0.25, 0.3) is 0 Å². The highest BCUT2D eigenvalue weighted by Gasteiger charge is 2.36. The first kappa shape index (κ1) is 12.6. The number of furan rings is 1. The third kappa shape index (κ3) is 1.59. The molecule has 0 amide bonds. The number of carbonyl (C=O) groups is 2. The SMILES string of the molecule is CCOc1cnc2c(c1C)C(=O)c1oc(C)cc1C2=O. The molecule has 3 rings (SSSR count). The summed E-state index contributed by atoms with van der Waals surface area (Å²) in [5.41, 5.74) is 1.36. The molecular formula is C15H13NO4. The van der Waals surface area contributed by atoms with Gasteiger partial charge in [-0.2, -0.15) is 0 Å². The number of rotatable bonds is 2. The van der Waals surface area contributed by atoms with Gasteiger partial charge in [-0.1, -0.05) is 0 Å². The molecule has 20 heavy (non-hydrogen) atoms. The Bertz CT molecular complexity index is 743. The van der Waals surface area contributed by atoms with E-state index in [9.17, 15) is 9.59 Å². The maximum absolute atomic E-state index is 12.5. The molecule has 0 fully saturated rings. The molecule has 0 atom stereocenters. The van der Waals surface area contributed by atoms with E-state index < -0.39 is 0 Å². The van der Waals surface area contributed by atoms with Crippen LogP contribution in [0.15, 0.2) is 16.7 Å². The molecule has 2 aromatic rings. The second-order valence-corrected chi connectivity index (χ2v) is 4.66. The van der Waals surface area contributed by atoms with Crippen molar-refractivity contribution >= 4 is 11.6 Å². The largest absolute Gasteiger partial charge is 0.492 e. The number of aromatic nitrogens is 1. The summed E-state index contributed by atoms with van der Waals surface area (Å²) in [7, 11) is 0. The van der Waals surface area contributed by atoms with Gasteiger partial charge in [0.15, 0.2) is 5.76 Å². The van der Waals surface area contributed by atoms with Crippen molar-refractivity contribution in [3.63, 3.8) is 0 Å². The first-order valence-corrected chi connectivity index (χ1v) is 6.36. The highest BCUT2D eigenvalue weighted by atomic mass is 16.5. The lowest BCUT2D eigenvalue weighted by Crippen LogP contribution is -2.22. The lowest BCUT2D eigenvalue weighted by molar-refractivity contribution is 0.0955. The van der Waals surface area contributed by atoms with Crippen LogP contribution in [0.5, 0.6) is 5.75 Å². The van der Waals surface area contributed by atoms with E-state index in [1.165, 1.54) is 6.20 Å². The van der Waals surface area contributed by atoms with E-state index in [1.54, 1.807) is 19.9 Å². The summed E-state index contributed by atoms with van der Waals surface area (Å²) in [5.74, 6) is 0.553.